The van der Waals surface area contributed by atoms with Crippen molar-refractivity contribution in [3.63, 3.8) is 0 Å². The molecule has 3 aromatic carbocycles. The molecule has 178 valence electrons. The number of thioether (sulfide) groups is 1. The van der Waals surface area contributed by atoms with Gasteiger partial charge < -0.3 is 15.2 Å². The van der Waals surface area contributed by atoms with Crippen LogP contribution in [0.2, 0.25) is 0 Å². The first-order chi connectivity index (χ1) is 16.1. The normalized spacial score (nSPS) is 11.2. The number of hydrogen-bond donors (Lipinski definition) is 2. The summed E-state index contributed by atoms with van der Waals surface area (Å²) in [4.78, 5) is 23.1. The number of ether oxygens (including phenoxy) is 1. The van der Waals surface area contributed by atoms with E-state index < -0.39 is 30.2 Å². The number of carboxylic acids is 1. The predicted molar refractivity (Wildman–Crippen MR) is 124 cm³/mol. The molecule has 3 aromatic rings. The average molecular weight is 490 g/mol. The van der Waals surface area contributed by atoms with Gasteiger partial charge in [-0.05, 0) is 59.5 Å². The van der Waals surface area contributed by atoms with E-state index in [0.29, 0.717) is 17.1 Å². The molecule has 0 saturated carbocycles. The number of aliphatic carboxylic acids is 1. The Hall–Kier alpha value is -3.46. The van der Waals surface area contributed by atoms with Crippen molar-refractivity contribution in [2.45, 2.75) is 23.7 Å². The van der Waals surface area contributed by atoms with Crippen LogP contribution in [0.15, 0.2) is 71.6 Å². The average Bonchev–Trinajstić information content (AvgIpc) is 2.80. The van der Waals surface area contributed by atoms with Crippen molar-refractivity contribution in [1.29, 1.82) is 0 Å². The molecule has 0 radical (unpaired) electrons. The molecule has 0 fully saturated rings. The minimum absolute atomic E-state index is 0.280. The second kappa shape index (κ2) is 11.1. The Morgan fingerprint density at radius 3 is 2.38 bits per heavy atom. The molecule has 0 atom stereocenters. The summed E-state index contributed by atoms with van der Waals surface area (Å²) in [5.41, 5.74) is 2.73. The fourth-order valence-corrected chi connectivity index (χ4v) is 4.04. The van der Waals surface area contributed by atoms with Crippen molar-refractivity contribution in [2.75, 3.05) is 13.2 Å². The molecule has 0 aliphatic heterocycles. The first-order valence-electron chi connectivity index (χ1n) is 10.2. The maximum atomic E-state index is 12.8. The molecule has 0 heterocycles. The maximum absolute atomic E-state index is 12.8. The molecule has 9 heteroatoms. The van der Waals surface area contributed by atoms with Crippen molar-refractivity contribution < 1.29 is 32.6 Å². The molecule has 0 saturated heterocycles. The SMILES string of the molecule is Cc1cc(SCc2cccc(-c3ccc(C(F)(F)F)cc3)c2)ccc1OCC(=O)NCC(=O)O. The molecular weight excluding hydrogens is 467 g/mol. The van der Waals surface area contributed by atoms with Gasteiger partial charge in [0.25, 0.3) is 5.91 Å². The minimum Gasteiger partial charge on any atom is -0.484 e. The lowest BCUT2D eigenvalue weighted by Crippen LogP contribution is -2.33. The summed E-state index contributed by atoms with van der Waals surface area (Å²) < 4.78 is 43.8. The zero-order valence-corrected chi connectivity index (χ0v) is 19.0. The third kappa shape index (κ3) is 7.28. The van der Waals surface area contributed by atoms with Crippen LogP contribution in [0.25, 0.3) is 11.1 Å². The summed E-state index contributed by atoms with van der Waals surface area (Å²) in [6, 6.07) is 18.3. The van der Waals surface area contributed by atoms with Gasteiger partial charge in [0.15, 0.2) is 6.61 Å². The van der Waals surface area contributed by atoms with E-state index >= 15 is 0 Å². The van der Waals surface area contributed by atoms with Gasteiger partial charge >= 0.3 is 12.1 Å². The zero-order chi connectivity index (χ0) is 24.7. The largest absolute Gasteiger partial charge is 0.484 e. The smallest absolute Gasteiger partial charge is 0.416 e. The number of carbonyl (C=O) groups is 2. The van der Waals surface area contributed by atoms with E-state index in [1.54, 1.807) is 17.8 Å². The van der Waals surface area contributed by atoms with E-state index in [2.05, 4.69) is 5.32 Å². The molecule has 0 bridgehead atoms. The number of amides is 1. The summed E-state index contributed by atoms with van der Waals surface area (Å²) in [6.07, 6.45) is -4.36. The number of carbonyl (C=O) groups excluding carboxylic acids is 1. The molecule has 1 amide bonds. The molecule has 0 aliphatic rings. The first-order valence-corrected chi connectivity index (χ1v) is 11.2. The lowest BCUT2D eigenvalue weighted by atomic mass is 10.0. The Kier molecular flexibility index (Phi) is 8.22. The molecule has 2 N–H and O–H groups in total. The monoisotopic (exact) mass is 489 g/mol. The molecule has 5 nitrogen and oxygen atoms in total. The third-order valence-corrected chi connectivity index (χ3v) is 5.88. The molecule has 3 rings (SSSR count). The lowest BCUT2D eigenvalue weighted by Gasteiger charge is -2.11. The number of halogens is 3. The summed E-state index contributed by atoms with van der Waals surface area (Å²) in [7, 11) is 0. The van der Waals surface area contributed by atoms with Gasteiger partial charge in [0.1, 0.15) is 12.3 Å². The number of hydrogen-bond acceptors (Lipinski definition) is 4. The maximum Gasteiger partial charge on any atom is 0.416 e. The van der Waals surface area contributed by atoms with Gasteiger partial charge in [-0.1, -0.05) is 36.4 Å². The summed E-state index contributed by atoms with van der Waals surface area (Å²) >= 11 is 1.59. The minimum atomic E-state index is -4.36. The number of benzene rings is 3. The van der Waals surface area contributed by atoms with Crippen LogP contribution in [0.3, 0.4) is 0 Å². The molecular formula is C25H22F3NO4S. The van der Waals surface area contributed by atoms with E-state index in [4.69, 9.17) is 9.84 Å². The Labute approximate surface area is 199 Å². The predicted octanol–water partition coefficient (Wildman–Crippen LogP) is 5.55. The Bertz CT molecular complexity index is 1160. The van der Waals surface area contributed by atoms with Gasteiger partial charge in [0.05, 0.1) is 5.56 Å². The quantitative estimate of drug-likeness (QED) is 0.386. The number of carboxylic acid groups (broad SMARTS) is 1. The van der Waals surface area contributed by atoms with E-state index in [1.807, 2.05) is 43.3 Å². The van der Waals surface area contributed by atoms with Crippen LogP contribution in [-0.2, 0) is 21.5 Å². The Morgan fingerprint density at radius 1 is 1.00 bits per heavy atom. The van der Waals surface area contributed by atoms with Gasteiger partial charge in [-0.15, -0.1) is 11.8 Å². The van der Waals surface area contributed by atoms with E-state index in [1.165, 1.54) is 12.1 Å². The number of nitrogens with one attached hydrogen (secondary N) is 1. The van der Waals surface area contributed by atoms with Crippen LogP contribution in [0.4, 0.5) is 13.2 Å². The highest BCUT2D eigenvalue weighted by Gasteiger charge is 2.29. The molecule has 0 aliphatic carbocycles. The fraction of sp³-hybridized carbons (Fsp3) is 0.200. The number of aryl methyl sites for hydroxylation is 1. The van der Waals surface area contributed by atoms with E-state index in [9.17, 15) is 22.8 Å². The van der Waals surface area contributed by atoms with Gasteiger partial charge in [0.2, 0.25) is 0 Å². The first kappa shape index (κ1) is 25.2. The van der Waals surface area contributed by atoms with Crippen LogP contribution in [0, 0.1) is 6.92 Å². The summed E-state index contributed by atoms with van der Waals surface area (Å²) in [5, 5.41) is 10.8. The van der Waals surface area contributed by atoms with E-state index in [-0.39, 0.29) is 6.61 Å². The van der Waals surface area contributed by atoms with Crippen molar-refractivity contribution in [1.82, 2.24) is 5.32 Å². The van der Waals surface area contributed by atoms with Crippen molar-refractivity contribution in [3.05, 3.63) is 83.4 Å². The van der Waals surface area contributed by atoms with Crippen LogP contribution in [-0.4, -0.2) is 30.1 Å². The van der Waals surface area contributed by atoms with Gasteiger partial charge in [-0.2, -0.15) is 13.2 Å². The fourth-order valence-electron chi connectivity index (χ4n) is 3.10. The molecule has 0 unspecified atom stereocenters. The number of alkyl halides is 3. The number of rotatable bonds is 9. The van der Waals surface area contributed by atoms with Crippen molar-refractivity contribution in [2.24, 2.45) is 0 Å². The lowest BCUT2D eigenvalue weighted by molar-refractivity contribution is -0.138. The topological polar surface area (TPSA) is 75.6 Å². The van der Waals surface area contributed by atoms with Crippen LogP contribution in [0.5, 0.6) is 5.75 Å². The van der Waals surface area contributed by atoms with Gasteiger partial charge in [-0.25, -0.2) is 0 Å². The molecule has 0 aromatic heterocycles. The van der Waals surface area contributed by atoms with Gasteiger partial charge in [0, 0.05) is 10.6 Å². The third-order valence-electron chi connectivity index (χ3n) is 4.82. The molecule has 0 spiro atoms. The van der Waals surface area contributed by atoms with E-state index in [0.717, 1.165) is 33.7 Å². The van der Waals surface area contributed by atoms with Crippen LogP contribution in [0.1, 0.15) is 16.7 Å². The van der Waals surface area contributed by atoms with Crippen LogP contribution >= 0.6 is 11.8 Å². The highest BCUT2D eigenvalue weighted by Crippen LogP contribution is 2.32. The highest BCUT2D eigenvalue weighted by molar-refractivity contribution is 7.98. The van der Waals surface area contributed by atoms with Gasteiger partial charge in [-0.3, -0.25) is 9.59 Å². The molecule has 34 heavy (non-hydrogen) atoms. The highest BCUT2D eigenvalue weighted by atomic mass is 32.2. The summed E-state index contributed by atoms with van der Waals surface area (Å²) in [6.45, 7) is 1.11. The second-order valence-electron chi connectivity index (χ2n) is 7.45. The second-order valence-corrected chi connectivity index (χ2v) is 8.50. The van der Waals surface area contributed by atoms with Crippen molar-refractivity contribution >= 4 is 23.6 Å². The standard InChI is InChI=1S/C25H22F3NO4S/c1-16-11-21(9-10-22(16)33-14-23(30)29-13-24(31)32)34-15-17-3-2-4-19(12-17)18-5-7-20(8-6-18)25(26,27)28/h2-12H,13-15H2,1H3,(H,29,30)(H,31,32). The van der Waals surface area contributed by atoms with Crippen LogP contribution < -0.4 is 10.1 Å². The Balaban J connectivity index is 1.59. The Morgan fingerprint density at radius 2 is 1.74 bits per heavy atom. The zero-order valence-electron chi connectivity index (χ0n) is 18.2. The van der Waals surface area contributed by atoms with Crippen molar-refractivity contribution in [3.8, 4) is 16.9 Å². The summed E-state index contributed by atoms with van der Waals surface area (Å²) in [5.74, 6) is -0.464.